The van der Waals surface area contributed by atoms with E-state index in [1.54, 1.807) is 11.8 Å². The molecule has 1 amide bonds. The van der Waals surface area contributed by atoms with Gasteiger partial charge >= 0.3 is 0 Å². The number of nitrogens with one attached hydrogen (secondary N) is 2. The lowest BCUT2D eigenvalue weighted by Crippen LogP contribution is -2.34. The molecule has 8 heteroatoms. The molecular formula is C12H18N4O3S. The highest BCUT2D eigenvalue weighted by atomic mass is 32.2. The molecule has 0 aliphatic heterocycles. The number of nitrogen functional groups attached to an aromatic ring is 1. The molecule has 1 unspecified atom stereocenters. The second kappa shape index (κ2) is 7.71. The van der Waals surface area contributed by atoms with Crippen LogP contribution in [0.25, 0.3) is 0 Å². The minimum atomic E-state index is -0.583. The smallest absolute Gasteiger partial charge is 0.282 e. The molecule has 1 atom stereocenters. The predicted molar refractivity (Wildman–Crippen MR) is 80.8 cm³/mol. The molecule has 20 heavy (non-hydrogen) atoms. The quantitative estimate of drug-likeness (QED) is 0.402. The zero-order valence-electron chi connectivity index (χ0n) is 11.4. The molecular weight excluding hydrogens is 280 g/mol. The van der Waals surface area contributed by atoms with E-state index in [2.05, 4.69) is 10.7 Å². The summed E-state index contributed by atoms with van der Waals surface area (Å²) in [6.07, 6.45) is 0. The van der Waals surface area contributed by atoms with Gasteiger partial charge in [-0.15, -0.1) is 0 Å². The molecule has 1 aromatic carbocycles. The van der Waals surface area contributed by atoms with Crippen molar-refractivity contribution in [3.63, 3.8) is 0 Å². The van der Waals surface area contributed by atoms with E-state index in [4.69, 9.17) is 5.84 Å². The lowest BCUT2D eigenvalue weighted by atomic mass is 10.1. The van der Waals surface area contributed by atoms with Crippen LogP contribution >= 0.6 is 11.8 Å². The molecule has 0 fully saturated rings. The monoisotopic (exact) mass is 298 g/mol. The summed E-state index contributed by atoms with van der Waals surface area (Å²) in [6, 6.07) is 4.01. The Morgan fingerprint density at radius 2 is 2.25 bits per heavy atom. The van der Waals surface area contributed by atoms with Crippen molar-refractivity contribution in [2.24, 2.45) is 5.84 Å². The third kappa shape index (κ3) is 4.39. The van der Waals surface area contributed by atoms with Crippen LogP contribution in [0.2, 0.25) is 0 Å². The van der Waals surface area contributed by atoms with Gasteiger partial charge < -0.3 is 10.7 Å². The predicted octanol–water partition coefficient (Wildman–Crippen LogP) is 1.75. The minimum Gasteiger partial charge on any atom is -0.349 e. The van der Waals surface area contributed by atoms with Gasteiger partial charge in [0.05, 0.1) is 4.92 Å². The van der Waals surface area contributed by atoms with E-state index < -0.39 is 10.8 Å². The molecule has 0 saturated carbocycles. The number of nitro groups is 1. The van der Waals surface area contributed by atoms with Crippen molar-refractivity contribution in [2.45, 2.75) is 19.9 Å². The van der Waals surface area contributed by atoms with Crippen LogP contribution in [0.3, 0.4) is 0 Å². The summed E-state index contributed by atoms with van der Waals surface area (Å²) in [4.78, 5) is 22.5. The number of amides is 1. The molecule has 0 aromatic heterocycles. The highest BCUT2D eigenvalue weighted by molar-refractivity contribution is 7.99. The van der Waals surface area contributed by atoms with Crippen molar-refractivity contribution in [2.75, 3.05) is 16.9 Å². The zero-order valence-corrected chi connectivity index (χ0v) is 12.2. The summed E-state index contributed by atoms with van der Waals surface area (Å²) in [7, 11) is 0. The van der Waals surface area contributed by atoms with E-state index in [1.165, 1.54) is 18.2 Å². The van der Waals surface area contributed by atoms with Crippen LogP contribution in [0.1, 0.15) is 24.2 Å². The summed E-state index contributed by atoms with van der Waals surface area (Å²) >= 11 is 1.69. The number of nitro benzene ring substituents is 1. The van der Waals surface area contributed by atoms with Crippen LogP contribution in [0.15, 0.2) is 18.2 Å². The van der Waals surface area contributed by atoms with Gasteiger partial charge in [-0.05, 0) is 24.8 Å². The Morgan fingerprint density at radius 1 is 1.55 bits per heavy atom. The van der Waals surface area contributed by atoms with Gasteiger partial charge in [-0.2, -0.15) is 11.8 Å². The first-order chi connectivity index (χ1) is 9.49. The van der Waals surface area contributed by atoms with Crippen LogP contribution in [0.5, 0.6) is 0 Å². The Hall–Kier alpha value is -1.80. The summed E-state index contributed by atoms with van der Waals surface area (Å²) in [5.74, 6) is 6.49. The molecule has 1 rings (SSSR count). The standard InChI is InChI=1S/C12H18N4O3S/c1-3-20-7-8(2)14-12(17)10-6-9(15-13)4-5-11(10)16(18)19/h4-6,8,15H,3,7,13H2,1-2H3,(H,14,17). The van der Waals surface area contributed by atoms with Gasteiger partial charge in [0, 0.05) is 23.5 Å². The fourth-order valence-electron chi connectivity index (χ4n) is 1.60. The average molecular weight is 298 g/mol. The van der Waals surface area contributed by atoms with E-state index in [1.807, 2.05) is 13.8 Å². The molecule has 1 aromatic rings. The molecule has 7 nitrogen and oxygen atoms in total. The first-order valence-corrected chi connectivity index (χ1v) is 7.28. The SMILES string of the molecule is CCSCC(C)NC(=O)c1cc(NN)ccc1[N+](=O)[O-]. The number of nitrogens with zero attached hydrogens (tertiary/aromatic N) is 1. The molecule has 0 saturated heterocycles. The summed E-state index contributed by atoms with van der Waals surface area (Å²) in [5, 5.41) is 13.7. The van der Waals surface area contributed by atoms with Crippen LogP contribution < -0.4 is 16.6 Å². The van der Waals surface area contributed by atoms with E-state index in [9.17, 15) is 14.9 Å². The lowest BCUT2D eigenvalue weighted by molar-refractivity contribution is -0.385. The van der Waals surface area contributed by atoms with Crippen LogP contribution in [-0.4, -0.2) is 28.4 Å². The first kappa shape index (κ1) is 16.3. The second-order valence-electron chi connectivity index (χ2n) is 4.17. The van der Waals surface area contributed by atoms with Gasteiger partial charge in [0.15, 0.2) is 0 Å². The van der Waals surface area contributed by atoms with Gasteiger partial charge in [0.25, 0.3) is 11.6 Å². The van der Waals surface area contributed by atoms with Crippen molar-refractivity contribution in [3.05, 3.63) is 33.9 Å². The molecule has 0 aliphatic carbocycles. The maximum atomic E-state index is 12.1. The maximum Gasteiger partial charge on any atom is 0.282 e. The average Bonchev–Trinajstić information content (AvgIpc) is 2.44. The van der Waals surface area contributed by atoms with Gasteiger partial charge in [0.2, 0.25) is 0 Å². The molecule has 0 aliphatic rings. The Morgan fingerprint density at radius 3 is 2.80 bits per heavy atom. The van der Waals surface area contributed by atoms with E-state index >= 15 is 0 Å². The number of rotatable bonds is 7. The van der Waals surface area contributed by atoms with Crippen molar-refractivity contribution in [1.29, 1.82) is 0 Å². The zero-order chi connectivity index (χ0) is 15.1. The Balaban J connectivity index is 2.92. The van der Waals surface area contributed by atoms with E-state index in [0.29, 0.717) is 5.69 Å². The van der Waals surface area contributed by atoms with Crippen LogP contribution in [-0.2, 0) is 0 Å². The number of hydrogen-bond donors (Lipinski definition) is 3. The summed E-state index contributed by atoms with van der Waals surface area (Å²) in [5.41, 5.74) is 2.57. The van der Waals surface area contributed by atoms with Crippen molar-refractivity contribution < 1.29 is 9.72 Å². The number of benzene rings is 1. The number of carbonyl (C=O) groups is 1. The van der Waals surface area contributed by atoms with Crippen molar-refractivity contribution in [1.82, 2.24) is 5.32 Å². The number of hydrogen-bond acceptors (Lipinski definition) is 6. The Labute approximate surface area is 121 Å². The molecule has 0 heterocycles. The Bertz CT molecular complexity index is 496. The highest BCUT2D eigenvalue weighted by Crippen LogP contribution is 2.22. The first-order valence-electron chi connectivity index (χ1n) is 6.13. The van der Waals surface area contributed by atoms with Gasteiger partial charge in [-0.3, -0.25) is 20.8 Å². The highest BCUT2D eigenvalue weighted by Gasteiger charge is 2.21. The second-order valence-corrected chi connectivity index (χ2v) is 5.49. The largest absolute Gasteiger partial charge is 0.349 e. The van der Waals surface area contributed by atoms with Crippen molar-refractivity contribution >= 4 is 29.0 Å². The summed E-state index contributed by atoms with van der Waals surface area (Å²) in [6.45, 7) is 3.89. The maximum absolute atomic E-state index is 12.1. The molecule has 0 bridgehead atoms. The summed E-state index contributed by atoms with van der Waals surface area (Å²) < 4.78 is 0. The number of nitrogens with two attached hydrogens (primary N) is 1. The number of anilines is 1. The van der Waals surface area contributed by atoms with E-state index in [-0.39, 0.29) is 17.3 Å². The molecule has 0 radical (unpaired) electrons. The van der Waals surface area contributed by atoms with Gasteiger partial charge in [0.1, 0.15) is 5.56 Å². The van der Waals surface area contributed by atoms with Crippen molar-refractivity contribution in [3.8, 4) is 0 Å². The molecule has 110 valence electrons. The van der Waals surface area contributed by atoms with Crippen LogP contribution in [0.4, 0.5) is 11.4 Å². The third-order valence-electron chi connectivity index (χ3n) is 2.55. The third-order valence-corrected chi connectivity index (χ3v) is 3.70. The molecule has 4 N–H and O–H groups in total. The fraction of sp³-hybridized carbons (Fsp3) is 0.417. The number of thioether (sulfide) groups is 1. The van der Waals surface area contributed by atoms with Gasteiger partial charge in [-0.1, -0.05) is 6.92 Å². The lowest BCUT2D eigenvalue weighted by Gasteiger charge is -2.13. The number of carbonyl (C=O) groups excluding carboxylic acids is 1. The molecule has 0 spiro atoms. The van der Waals surface area contributed by atoms with Gasteiger partial charge in [-0.25, -0.2) is 0 Å². The minimum absolute atomic E-state index is 0.00111. The number of hydrazine groups is 1. The Kier molecular flexibility index (Phi) is 6.26. The normalized spacial score (nSPS) is 11.8. The van der Waals surface area contributed by atoms with E-state index in [0.717, 1.165) is 11.5 Å². The topological polar surface area (TPSA) is 110 Å². The van der Waals surface area contributed by atoms with Crippen LogP contribution in [0, 0.1) is 10.1 Å². The fourth-order valence-corrected chi connectivity index (χ4v) is 2.28.